The molecule has 56 valence electrons. The molecule has 1 fully saturated rings. The van der Waals surface area contributed by atoms with E-state index in [2.05, 4.69) is 0 Å². The van der Waals surface area contributed by atoms with Crippen LogP contribution in [0.4, 0.5) is 4.39 Å². The fraction of sp³-hybridized carbons (Fsp3) is 0.857. The summed E-state index contributed by atoms with van der Waals surface area (Å²) in [6.45, 7) is 0. The zero-order valence-electron chi connectivity index (χ0n) is 5.63. The van der Waals surface area contributed by atoms with E-state index in [-0.39, 0.29) is 12.3 Å². The molecule has 0 aromatic heterocycles. The van der Waals surface area contributed by atoms with E-state index in [1.807, 2.05) is 6.07 Å². The molecule has 1 unspecified atom stereocenters. The van der Waals surface area contributed by atoms with Crippen molar-refractivity contribution in [1.82, 2.24) is 0 Å². The van der Waals surface area contributed by atoms with Crippen molar-refractivity contribution in [1.29, 1.82) is 5.26 Å². The number of aliphatic hydroxyl groups excluding tert-OH is 1. The Morgan fingerprint density at radius 1 is 1.50 bits per heavy atom. The van der Waals surface area contributed by atoms with Crippen molar-refractivity contribution < 1.29 is 9.50 Å². The Kier molecular flexibility index (Phi) is 2.23. The number of nitrogens with zero attached hydrogens (tertiary/aromatic N) is 1. The molecule has 0 amide bonds. The van der Waals surface area contributed by atoms with Gasteiger partial charge in [-0.2, -0.15) is 5.26 Å². The summed E-state index contributed by atoms with van der Waals surface area (Å²) in [5.41, 5.74) is 0. The second-order valence-corrected chi connectivity index (χ2v) is 2.71. The molecule has 2 nitrogen and oxygen atoms in total. The number of nitriles is 1. The van der Waals surface area contributed by atoms with Gasteiger partial charge in [-0.15, -0.1) is 0 Å². The molecule has 0 saturated heterocycles. The lowest BCUT2D eigenvalue weighted by Crippen LogP contribution is -2.28. The van der Waals surface area contributed by atoms with Gasteiger partial charge in [-0.25, -0.2) is 4.39 Å². The standard InChI is InChI=1S/C7H10FNO/c8-6-2-1-5(4-9)7(10)3-6/h5-7,10H,1-3H2/t5-,6-,7?/m1/s1. The average molecular weight is 143 g/mol. The monoisotopic (exact) mass is 143 g/mol. The summed E-state index contributed by atoms with van der Waals surface area (Å²) in [7, 11) is 0. The number of alkyl halides is 1. The molecule has 0 aromatic rings. The summed E-state index contributed by atoms with van der Waals surface area (Å²) in [5, 5.41) is 17.5. The van der Waals surface area contributed by atoms with Crippen LogP contribution in [0.2, 0.25) is 0 Å². The lowest BCUT2D eigenvalue weighted by molar-refractivity contribution is 0.0549. The number of hydrogen-bond acceptors (Lipinski definition) is 2. The van der Waals surface area contributed by atoms with E-state index >= 15 is 0 Å². The minimum atomic E-state index is -0.903. The molecule has 10 heavy (non-hydrogen) atoms. The largest absolute Gasteiger partial charge is 0.392 e. The molecule has 0 aliphatic heterocycles. The van der Waals surface area contributed by atoms with E-state index in [4.69, 9.17) is 10.4 Å². The molecule has 0 heterocycles. The molecular formula is C7H10FNO. The van der Waals surface area contributed by atoms with E-state index in [1.165, 1.54) is 0 Å². The Bertz CT molecular complexity index is 154. The van der Waals surface area contributed by atoms with Gasteiger partial charge >= 0.3 is 0 Å². The van der Waals surface area contributed by atoms with Gasteiger partial charge in [-0.3, -0.25) is 0 Å². The SMILES string of the molecule is N#C[C@H]1CC[C@@H](F)CC1O. The zero-order chi connectivity index (χ0) is 7.56. The van der Waals surface area contributed by atoms with Gasteiger partial charge in [0.15, 0.2) is 0 Å². The van der Waals surface area contributed by atoms with E-state index in [0.717, 1.165) is 0 Å². The molecule has 0 radical (unpaired) electrons. The quantitative estimate of drug-likeness (QED) is 0.550. The first-order chi connectivity index (χ1) is 4.74. The normalized spacial score (nSPS) is 40.7. The number of rotatable bonds is 0. The maximum Gasteiger partial charge on any atom is 0.103 e. The first kappa shape index (κ1) is 7.49. The van der Waals surface area contributed by atoms with Crippen molar-refractivity contribution in [2.75, 3.05) is 0 Å². The minimum Gasteiger partial charge on any atom is -0.392 e. The maximum absolute atomic E-state index is 12.5. The smallest absolute Gasteiger partial charge is 0.103 e. The van der Waals surface area contributed by atoms with Crippen LogP contribution in [0.5, 0.6) is 0 Å². The number of aliphatic hydroxyl groups is 1. The molecule has 0 aromatic carbocycles. The third-order valence-electron chi connectivity index (χ3n) is 1.92. The Balaban J connectivity index is 2.45. The van der Waals surface area contributed by atoms with Crippen LogP contribution in [-0.2, 0) is 0 Å². The van der Waals surface area contributed by atoms with Crippen LogP contribution in [0.1, 0.15) is 19.3 Å². The van der Waals surface area contributed by atoms with Crippen molar-refractivity contribution in [3.63, 3.8) is 0 Å². The van der Waals surface area contributed by atoms with E-state index in [1.54, 1.807) is 0 Å². The number of hydrogen-bond donors (Lipinski definition) is 1. The second kappa shape index (κ2) is 2.98. The molecule has 3 heteroatoms. The topological polar surface area (TPSA) is 44.0 Å². The highest BCUT2D eigenvalue weighted by Crippen LogP contribution is 2.25. The van der Waals surface area contributed by atoms with Crippen LogP contribution in [0.15, 0.2) is 0 Å². The average Bonchev–Trinajstić information content (AvgIpc) is 1.88. The molecule has 1 saturated carbocycles. The summed E-state index contributed by atoms with van der Waals surface area (Å²) in [4.78, 5) is 0. The van der Waals surface area contributed by atoms with Gasteiger partial charge in [0.25, 0.3) is 0 Å². The van der Waals surface area contributed by atoms with Crippen molar-refractivity contribution >= 4 is 0 Å². The van der Waals surface area contributed by atoms with Gasteiger partial charge in [0, 0.05) is 6.42 Å². The molecule has 0 spiro atoms. The molecule has 3 atom stereocenters. The Hall–Kier alpha value is -0.620. The van der Waals surface area contributed by atoms with Crippen LogP contribution >= 0.6 is 0 Å². The highest BCUT2D eigenvalue weighted by atomic mass is 19.1. The van der Waals surface area contributed by atoms with Crippen LogP contribution in [-0.4, -0.2) is 17.4 Å². The van der Waals surface area contributed by atoms with Gasteiger partial charge in [-0.05, 0) is 12.8 Å². The predicted molar refractivity (Wildman–Crippen MR) is 33.9 cm³/mol. The summed E-state index contributed by atoms with van der Waals surface area (Å²) < 4.78 is 12.5. The van der Waals surface area contributed by atoms with Gasteiger partial charge in [0.2, 0.25) is 0 Å². The maximum atomic E-state index is 12.5. The van der Waals surface area contributed by atoms with Crippen molar-refractivity contribution in [3.8, 4) is 6.07 Å². The molecule has 0 bridgehead atoms. The number of halogens is 1. The summed E-state index contributed by atoms with van der Waals surface area (Å²) in [5.74, 6) is -0.341. The van der Waals surface area contributed by atoms with Crippen molar-refractivity contribution in [2.24, 2.45) is 5.92 Å². The molecular weight excluding hydrogens is 133 g/mol. The van der Waals surface area contributed by atoms with Gasteiger partial charge in [0.05, 0.1) is 18.1 Å². The highest BCUT2D eigenvalue weighted by molar-refractivity contribution is 4.92. The third-order valence-corrected chi connectivity index (χ3v) is 1.92. The van der Waals surface area contributed by atoms with Gasteiger partial charge < -0.3 is 5.11 Å². The first-order valence-corrected chi connectivity index (χ1v) is 3.46. The van der Waals surface area contributed by atoms with Crippen LogP contribution in [0, 0.1) is 17.2 Å². The van der Waals surface area contributed by atoms with E-state index in [0.29, 0.717) is 12.8 Å². The summed E-state index contributed by atoms with van der Waals surface area (Å²) in [6.07, 6.45) is -0.583. The lowest BCUT2D eigenvalue weighted by Gasteiger charge is -2.24. The Morgan fingerprint density at radius 3 is 2.70 bits per heavy atom. The minimum absolute atomic E-state index is 0.137. The fourth-order valence-electron chi connectivity index (χ4n) is 1.25. The highest BCUT2D eigenvalue weighted by Gasteiger charge is 2.28. The second-order valence-electron chi connectivity index (χ2n) is 2.71. The zero-order valence-corrected chi connectivity index (χ0v) is 5.63. The van der Waals surface area contributed by atoms with Crippen molar-refractivity contribution in [3.05, 3.63) is 0 Å². The molecule has 1 N–H and O–H groups in total. The van der Waals surface area contributed by atoms with Gasteiger partial charge in [-0.1, -0.05) is 0 Å². The Morgan fingerprint density at radius 2 is 2.20 bits per heavy atom. The van der Waals surface area contributed by atoms with Gasteiger partial charge in [0.1, 0.15) is 6.17 Å². The van der Waals surface area contributed by atoms with Crippen LogP contribution in [0.25, 0.3) is 0 Å². The molecule has 1 rings (SSSR count). The first-order valence-electron chi connectivity index (χ1n) is 3.46. The van der Waals surface area contributed by atoms with E-state index < -0.39 is 12.3 Å². The third kappa shape index (κ3) is 1.45. The molecule has 1 aliphatic rings. The summed E-state index contributed by atoms with van der Waals surface area (Å²) in [6, 6.07) is 1.96. The lowest BCUT2D eigenvalue weighted by atomic mass is 9.87. The van der Waals surface area contributed by atoms with E-state index in [9.17, 15) is 4.39 Å². The molecule has 1 aliphatic carbocycles. The van der Waals surface area contributed by atoms with Crippen LogP contribution in [0.3, 0.4) is 0 Å². The fourth-order valence-corrected chi connectivity index (χ4v) is 1.25. The predicted octanol–water partition coefficient (Wildman–Crippen LogP) is 1.01. The summed E-state index contributed by atoms with van der Waals surface area (Å²) >= 11 is 0. The van der Waals surface area contributed by atoms with Crippen molar-refractivity contribution in [2.45, 2.75) is 31.5 Å². The van der Waals surface area contributed by atoms with Crippen LogP contribution < -0.4 is 0 Å². The Labute approximate surface area is 59.3 Å².